The lowest BCUT2D eigenvalue weighted by atomic mass is 9.44. The summed E-state index contributed by atoms with van der Waals surface area (Å²) in [6, 6.07) is 20.7. The van der Waals surface area contributed by atoms with Gasteiger partial charge in [-0.2, -0.15) is 26.3 Å². The molecule has 3 aliphatic carbocycles. The van der Waals surface area contributed by atoms with Gasteiger partial charge in [0.05, 0.1) is 48.3 Å². The van der Waals surface area contributed by atoms with E-state index in [9.17, 15) is 41.0 Å². The Morgan fingerprint density at radius 2 is 1.31 bits per heavy atom. The molecule has 1 aliphatic heterocycles. The van der Waals surface area contributed by atoms with Gasteiger partial charge in [0.2, 0.25) is 17.6 Å². The lowest BCUT2D eigenvalue weighted by molar-refractivity contribution is -0.143. The number of benzene rings is 4. The quantitative estimate of drug-likeness (QED) is 0.118. The number of nitrogens with zero attached hydrogens (tertiary/aromatic N) is 1. The van der Waals surface area contributed by atoms with E-state index in [-0.39, 0.29) is 41.7 Å². The number of imide groups is 1. The van der Waals surface area contributed by atoms with Crippen LogP contribution in [0.3, 0.4) is 0 Å². The number of phenols is 1. The topological polar surface area (TPSA) is 110 Å². The lowest BCUT2D eigenvalue weighted by Gasteiger charge is -2.55. The number of amides is 2. The largest absolute Gasteiger partial charge is 0.502 e. The van der Waals surface area contributed by atoms with Crippen molar-refractivity contribution in [3.63, 3.8) is 0 Å². The summed E-state index contributed by atoms with van der Waals surface area (Å²) >= 11 is 0. The molecule has 2 amide bonds. The number of methoxy groups -OCH3 is 2. The van der Waals surface area contributed by atoms with E-state index in [1.807, 2.05) is 0 Å². The molecule has 14 heteroatoms. The molecule has 8 nitrogen and oxygen atoms in total. The van der Waals surface area contributed by atoms with E-state index in [1.54, 1.807) is 66.7 Å². The summed E-state index contributed by atoms with van der Waals surface area (Å²) in [6.45, 7) is 0. The molecule has 2 fully saturated rings. The Bertz CT molecular complexity index is 2380. The summed E-state index contributed by atoms with van der Waals surface area (Å²) < 4.78 is 94.8. The van der Waals surface area contributed by atoms with Gasteiger partial charge in [-0.15, -0.1) is 0 Å². The van der Waals surface area contributed by atoms with Crippen LogP contribution in [0.2, 0.25) is 0 Å². The average Bonchev–Trinajstić information content (AvgIpc) is 3.47. The van der Waals surface area contributed by atoms with Gasteiger partial charge in [-0.3, -0.25) is 19.2 Å². The van der Waals surface area contributed by atoms with Crippen LogP contribution in [-0.2, 0) is 36.9 Å². The summed E-state index contributed by atoms with van der Waals surface area (Å²) in [6.07, 6.45) is -7.83. The number of alkyl halides is 6. The predicted molar refractivity (Wildman–Crippen MR) is 197 cm³/mol. The molecule has 0 radical (unpaired) electrons. The van der Waals surface area contributed by atoms with Crippen molar-refractivity contribution in [2.75, 3.05) is 19.1 Å². The first-order valence-electron chi connectivity index (χ1n) is 18.3. The third-order valence-electron chi connectivity index (χ3n) is 12.0. The lowest BCUT2D eigenvalue weighted by Crippen LogP contribution is -2.58. The molecule has 1 saturated heterocycles. The highest BCUT2D eigenvalue weighted by Gasteiger charge is 2.66. The number of phenolic OH excluding ortho intramolecular Hbond substituents is 1. The number of halogens is 6. The van der Waals surface area contributed by atoms with Crippen LogP contribution in [-0.4, -0.2) is 42.7 Å². The molecule has 0 spiro atoms. The van der Waals surface area contributed by atoms with Crippen LogP contribution in [0, 0.1) is 23.7 Å². The van der Waals surface area contributed by atoms with Gasteiger partial charge in [0.25, 0.3) is 0 Å². The van der Waals surface area contributed by atoms with E-state index in [2.05, 4.69) is 0 Å². The molecular weight excluding hydrogens is 768 g/mol. The highest BCUT2D eigenvalue weighted by molar-refractivity contribution is 6.32. The van der Waals surface area contributed by atoms with Crippen LogP contribution in [0.1, 0.15) is 46.6 Å². The van der Waals surface area contributed by atoms with Crippen molar-refractivity contribution in [1.82, 2.24) is 0 Å². The van der Waals surface area contributed by atoms with Gasteiger partial charge in [0.15, 0.2) is 23.1 Å². The third-order valence-corrected chi connectivity index (χ3v) is 12.0. The molecule has 4 aromatic rings. The number of hydrogen-bond acceptors (Lipinski definition) is 7. The van der Waals surface area contributed by atoms with Crippen LogP contribution in [0.5, 0.6) is 17.2 Å². The Kier molecular flexibility index (Phi) is 9.16. The fraction of sp³-hybridized carbons (Fsp3) is 0.273. The average molecular weight is 802 g/mol. The molecule has 0 unspecified atom stereocenters. The number of fused-ring (bicyclic) bond motifs is 4. The Labute approximate surface area is 327 Å². The van der Waals surface area contributed by atoms with Gasteiger partial charge in [0, 0.05) is 17.4 Å². The van der Waals surface area contributed by atoms with Crippen molar-refractivity contribution in [2.45, 2.75) is 36.5 Å². The van der Waals surface area contributed by atoms with E-state index >= 15 is 9.59 Å². The summed E-state index contributed by atoms with van der Waals surface area (Å²) in [7, 11) is 2.61. The second kappa shape index (κ2) is 13.7. The minimum absolute atomic E-state index is 0.0380. The maximum Gasteiger partial charge on any atom is 0.416 e. The summed E-state index contributed by atoms with van der Waals surface area (Å²) in [4.78, 5) is 59.5. The third kappa shape index (κ3) is 5.82. The van der Waals surface area contributed by atoms with E-state index in [1.165, 1.54) is 32.4 Å². The SMILES string of the molecule is COc1cc([C@H]2C3=CC[C@@H]4C(=O)N(c5cc(C(F)(F)F)cc(C(F)(F)F)c5)C(=O)[C@@H]4[C@@H]3C[C@H]3C(=O)C(c4ccccc4)=CC(=O)[C@@]23c2ccccc2)cc(OC)c1O. The predicted octanol–water partition coefficient (Wildman–Crippen LogP) is 8.48. The maximum absolute atomic E-state index is 15.2. The molecule has 1 N–H and O–H groups in total. The van der Waals surface area contributed by atoms with Crippen molar-refractivity contribution in [3.8, 4) is 17.2 Å². The minimum atomic E-state index is -5.25. The molecular formula is C44H33F6NO7. The number of ketones is 2. The van der Waals surface area contributed by atoms with Crippen LogP contribution in [0.25, 0.3) is 5.57 Å². The van der Waals surface area contributed by atoms with Gasteiger partial charge >= 0.3 is 12.4 Å². The van der Waals surface area contributed by atoms with E-state index in [0.29, 0.717) is 39.3 Å². The number of hydrogen-bond donors (Lipinski definition) is 1. The highest BCUT2D eigenvalue weighted by atomic mass is 19.4. The van der Waals surface area contributed by atoms with E-state index in [0.717, 1.165) is 0 Å². The minimum Gasteiger partial charge on any atom is -0.502 e. The summed E-state index contributed by atoms with van der Waals surface area (Å²) in [5.41, 5.74) is -4.14. The van der Waals surface area contributed by atoms with E-state index < -0.39 is 87.6 Å². The monoisotopic (exact) mass is 801 g/mol. The standard InChI is InChI=1S/C44H33F6NO7/c1-57-33-15-23(16-34(58-2)39(33)54)37-28-13-14-29-36(41(56)51(40(29)55)27-18-25(43(45,46)47)17-26(19-27)44(48,49)50)31(28)20-32-38(53)30(22-9-5-3-6-10-22)21-35(52)42(32,37)24-11-7-4-8-12-24/h3-13,15-19,21,29,31-32,36-37,54H,14,20H2,1-2H3/t29-,31+,32-,36-,37-,42-/m0/s1. The molecule has 4 aliphatic rings. The van der Waals surface area contributed by atoms with Crippen LogP contribution < -0.4 is 14.4 Å². The number of rotatable bonds is 6. The number of ether oxygens (including phenoxy) is 2. The number of Topliss-reactive ketones (excluding diaryl/α,β-unsaturated/α-hetero) is 1. The molecule has 1 heterocycles. The smallest absolute Gasteiger partial charge is 0.416 e. The first-order chi connectivity index (χ1) is 27.5. The number of anilines is 1. The molecule has 298 valence electrons. The van der Waals surface area contributed by atoms with E-state index in [4.69, 9.17) is 9.47 Å². The van der Waals surface area contributed by atoms with Gasteiger partial charge in [-0.1, -0.05) is 72.3 Å². The van der Waals surface area contributed by atoms with Crippen molar-refractivity contribution in [1.29, 1.82) is 0 Å². The second-order valence-electron chi connectivity index (χ2n) is 14.8. The van der Waals surface area contributed by atoms with Gasteiger partial charge in [-0.05, 0) is 71.9 Å². The molecule has 4 aromatic carbocycles. The van der Waals surface area contributed by atoms with Crippen molar-refractivity contribution in [2.24, 2.45) is 23.7 Å². The van der Waals surface area contributed by atoms with Crippen LogP contribution in [0.4, 0.5) is 32.0 Å². The van der Waals surface area contributed by atoms with Gasteiger partial charge in [-0.25, -0.2) is 4.90 Å². The van der Waals surface area contributed by atoms with Crippen molar-refractivity contribution in [3.05, 3.63) is 137 Å². The van der Waals surface area contributed by atoms with Crippen LogP contribution in [0.15, 0.2) is 109 Å². The molecule has 58 heavy (non-hydrogen) atoms. The number of carbonyl (C=O) groups is 4. The number of allylic oxidation sites excluding steroid dienone is 4. The summed E-state index contributed by atoms with van der Waals surface area (Å²) in [5, 5.41) is 11.0. The van der Waals surface area contributed by atoms with Gasteiger partial charge in [0.1, 0.15) is 0 Å². The normalized spacial score (nSPS) is 25.7. The molecule has 0 bridgehead atoms. The second-order valence-corrected chi connectivity index (χ2v) is 14.8. The molecule has 1 saturated carbocycles. The zero-order chi connectivity index (χ0) is 41.5. The zero-order valence-corrected chi connectivity index (χ0v) is 30.7. The fourth-order valence-corrected chi connectivity index (χ4v) is 9.65. The molecule has 8 rings (SSSR count). The first kappa shape index (κ1) is 38.7. The molecule has 0 aromatic heterocycles. The Hall–Kier alpha value is -6.18. The summed E-state index contributed by atoms with van der Waals surface area (Å²) in [5.74, 6) is -9.18. The number of carbonyl (C=O) groups excluding carboxylic acids is 4. The highest BCUT2D eigenvalue weighted by Crippen LogP contribution is 2.64. The Morgan fingerprint density at radius 1 is 0.741 bits per heavy atom. The van der Waals surface area contributed by atoms with Gasteiger partial charge < -0.3 is 14.6 Å². The van der Waals surface area contributed by atoms with Crippen molar-refractivity contribution < 1.29 is 60.1 Å². The number of aromatic hydroxyl groups is 1. The Morgan fingerprint density at radius 3 is 1.86 bits per heavy atom. The maximum atomic E-state index is 15.2. The fourth-order valence-electron chi connectivity index (χ4n) is 9.65. The van der Waals surface area contributed by atoms with Crippen molar-refractivity contribution >= 4 is 34.6 Å². The first-order valence-corrected chi connectivity index (χ1v) is 18.3. The Balaban J connectivity index is 1.36. The van der Waals surface area contributed by atoms with Crippen LogP contribution >= 0.6 is 0 Å². The molecule has 6 atom stereocenters. The zero-order valence-electron chi connectivity index (χ0n) is 30.7.